The van der Waals surface area contributed by atoms with Gasteiger partial charge in [0.25, 0.3) is 4.84 Å². The van der Waals surface area contributed by atoms with Crippen LogP contribution in [0.1, 0.15) is 5.56 Å². The number of methoxy groups -OCH3 is 3. The molecule has 4 rings (SSSR count). The Morgan fingerprint density at radius 2 is 1.65 bits per heavy atom. The Bertz CT molecular complexity index is 1130. The predicted molar refractivity (Wildman–Crippen MR) is 131 cm³/mol. The molecule has 0 spiro atoms. The van der Waals surface area contributed by atoms with Crippen LogP contribution < -0.4 is 19.1 Å². The number of rotatable bonds is 9. The van der Waals surface area contributed by atoms with Gasteiger partial charge in [-0.25, -0.2) is 4.68 Å². The van der Waals surface area contributed by atoms with E-state index in [0.29, 0.717) is 40.2 Å². The van der Waals surface area contributed by atoms with E-state index in [1.807, 2.05) is 7.05 Å². The molecule has 0 bridgehead atoms. The summed E-state index contributed by atoms with van der Waals surface area (Å²) in [6, 6.07) is 12.2. The average molecular weight is 487 g/mol. The van der Waals surface area contributed by atoms with Crippen LogP contribution in [0.5, 0.6) is 17.2 Å². The minimum absolute atomic E-state index is 0.290. The fraction of sp³-hybridized carbons (Fsp3) is 0.417. The summed E-state index contributed by atoms with van der Waals surface area (Å²) in [7, 11) is 6.72. The van der Waals surface area contributed by atoms with E-state index in [2.05, 4.69) is 39.2 Å². The van der Waals surface area contributed by atoms with Crippen LogP contribution in [0.25, 0.3) is 11.5 Å². The minimum atomic E-state index is 0.290. The Morgan fingerprint density at radius 1 is 1.00 bits per heavy atom. The highest BCUT2D eigenvalue weighted by Gasteiger charge is 2.18. The van der Waals surface area contributed by atoms with Crippen molar-refractivity contribution in [2.24, 2.45) is 0 Å². The Kier molecular flexibility index (Phi) is 7.71. The van der Waals surface area contributed by atoms with Crippen molar-refractivity contribution in [2.45, 2.75) is 13.2 Å². The molecule has 2 aromatic carbocycles. The van der Waals surface area contributed by atoms with Gasteiger partial charge in [0.1, 0.15) is 0 Å². The maximum absolute atomic E-state index is 5.78. The van der Waals surface area contributed by atoms with Crippen LogP contribution in [0.3, 0.4) is 0 Å². The van der Waals surface area contributed by atoms with E-state index < -0.39 is 0 Å². The van der Waals surface area contributed by atoms with Crippen LogP contribution in [0, 0.1) is 4.84 Å². The number of ether oxygens (including phenoxy) is 4. The first kappa shape index (κ1) is 24.1. The van der Waals surface area contributed by atoms with Gasteiger partial charge in [0.15, 0.2) is 11.5 Å². The molecule has 1 aliphatic heterocycles. The molecule has 0 aliphatic carbocycles. The van der Waals surface area contributed by atoms with Crippen molar-refractivity contribution in [3.8, 4) is 28.7 Å². The lowest BCUT2D eigenvalue weighted by molar-refractivity contribution is 0.122. The van der Waals surface area contributed by atoms with Crippen LogP contribution in [0.4, 0.5) is 5.69 Å². The van der Waals surface area contributed by atoms with Crippen molar-refractivity contribution < 1.29 is 23.4 Å². The van der Waals surface area contributed by atoms with E-state index in [0.717, 1.165) is 32.8 Å². The van der Waals surface area contributed by atoms with Gasteiger partial charge in [-0.05, 0) is 49.1 Å². The lowest BCUT2D eigenvalue weighted by Gasteiger charge is -2.29. The topological polar surface area (TPSA) is 74.4 Å². The maximum Gasteiger partial charge on any atom is 0.288 e. The normalized spacial score (nSPS) is 13.9. The molecule has 3 aromatic rings. The molecule has 9 nitrogen and oxygen atoms in total. The van der Waals surface area contributed by atoms with Crippen molar-refractivity contribution in [3.63, 3.8) is 0 Å². The Hall–Kier alpha value is -3.08. The third-order valence-corrected chi connectivity index (χ3v) is 5.95. The lowest BCUT2D eigenvalue weighted by atomic mass is 10.2. The van der Waals surface area contributed by atoms with Gasteiger partial charge in [0, 0.05) is 30.9 Å². The van der Waals surface area contributed by atoms with Gasteiger partial charge in [0.05, 0.1) is 41.2 Å². The summed E-state index contributed by atoms with van der Waals surface area (Å²) in [5, 5.41) is 4.58. The quantitative estimate of drug-likeness (QED) is 0.420. The lowest BCUT2D eigenvalue weighted by Crippen LogP contribution is -2.36. The van der Waals surface area contributed by atoms with Crippen molar-refractivity contribution in [2.75, 3.05) is 59.6 Å². The highest BCUT2D eigenvalue weighted by molar-refractivity contribution is 7.71. The zero-order valence-corrected chi connectivity index (χ0v) is 20.8. The van der Waals surface area contributed by atoms with E-state index in [9.17, 15) is 0 Å². The molecule has 2 heterocycles. The number of benzene rings is 2. The molecule has 182 valence electrons. The summed E-state index contributed by atoms with van der Waals surface area (Å²) in [5.74, 6) is 1.92. The first-order valence-electron chi connectivity index (χ1n) is 11.0. The van der Waals surface area contributed by atoms with E-state index >= 15 is 0 Å². The van der Waals surface area contributed by atoms with E-state index in [1.165, 1.54) is 11.3 Å². The fourth-order valence-electron chi connectivity index (χ4n) is 3.94. The van der Waals surface area contributed by atoms with E-state index in [4.69, 9.17) is 35.6 Å². The van der Waals surface area contributed by atoms with Gasteiger partial charge in [-0.3, -0.25) is 4.90 Å². The van der Waals surface area contributed by atoms with Gasteiger partial charge in [-0.15, -0.1) is 5.10 Å². The second-order valence-corrected chi connectivity index (χ2v) is 8.36. The predicted octanol–water partition coefficient (Wildman–Crippen LogP) is 3.82. The first-order valence-corrected chi connectivity index (χ1v) is 11.4. The molecule has 0 unspecified atom stereocenters. The summed E-state index contributed by atoms with van der Waals surface area (Å²) >= 11 is 5.42. The molecule has 0 saturated carbocycles. The summed E-state index contributed by atoms with van der Waals surface area (Å²) in [5.41, 5.74) is 3.11. The number of hydrogen-bond donors (Lipinski definition) is 0. The smallest absolute Gasteiger partial charge is 0.288 e. The minimum Gasteiger partial charge on any atom is -0.493 e. The standard InChI is InChI=1S/C24H30N4O5S/c1-26(15-17-5-7-19(8-6-17)27-9-11-32-12-10-27)16-28-24(34)33-23(25-28)18-13-20(29-2)22(31-4)21(14-18)30-3/h5-8,13-14H,9-12,15-16H2,1-4H3. The molecule has 1 fully saturated rings. The molecule has 1 aliphatic rings. The second-order valence-electron chi connectivity index (χ2n) is 8.01. The number of hydrogen-bond acceptors (Lipinski definition) is 9. The number of aromatic nitrogens is 2. The molecular formula is C24H30N4O5S. The van der Waals surface area contributed by atoms with Gasteiger partial charge in [0.2, 0.25) is 11.6 Å². The Balaban J connectivity index is 1.45. The number of nitrogens with zero attached hydrogens (tertiary/aromatic N) is 4. The Morgan fingerprint density at radius 3 is 2.24 bits per heavy atom. The van der Waals surface area contributed by atoms with E-state index in [1.54, 1.807) is 38.1 Å². The molecule has 1 aromatic heterocycles. The second kappa shape index (κ2) is 10.9. The van der Waals surface area contributed by atoms with Crippen molar-refractivity contribution >= 4 is 17.9 Å². The van der Waals surface area contributed by atoms with E-state index in [-0.39, 0.29) is 0 Å². The van der Waals surface area contributed by atoms with Crippen LogP contribution in [0.2, 0.25) is 0 Å². The van der Waals surface area contributed by atoms with Gasteiger partial charge < -0.3 is 28.3 Å². The Labute approximate surface area is 204 Å². The molecule has 34 heavy (non-hydrogen) atoms. The van der Waals surface area contributed by atoms with Crippen molar-refractivity contribution in [3.05, 3.63) is 46.8 Å². The molecule has 10 heteroatoms. The van der Waals surface area contributed by atoms with Gasteiger partial charge in [-0.1, -0.05) is 12.1 Å². The fourth-order valence-corrected chi connectivity index (χ4v) is 4.12. The third kappa shape index (κ3) is 5.35. The monoisotopic (exact) mass is 486 g/mol. The average Bonchev–Trinajstić information content (AvgIpc) is 3.23. The highest BCUT2D eigenvalue weighted by Crippen LogP contribution is 2.40. The third-order valence-electron chi connectivity index (χ3n) is 5.66. The zero-order chi connectivity index (χ0) is 24.1. The van der Waals surface area contributed by atoms with Crippen LogP contribution in [-0.2, 0) is 18.0 Å². The molecule has 0 atom stereocenters. The highest BCUT2D eigenvalue weighted by atomic mass is 32.1. The molecule has 0 N–H and O–H groups in total. The van der Waals surface area contributed by atoms with Gasteiger partial charge in [-0.2, -0.15) is 0 Å². The summed E-state index contributed by atoms with van der Waals surface area (Å²) in [6.45, 7) is 4.65. The van der Waals surface area contributed by atoms with Crippen LogP contribution >= 0.6 is 12.2 Å². The zero-order valence-electron chi connectivity index (χ0n) is 19.9. The van der Waals surface area contributed by atoms with Gasteiger partial charge >= 0.3 is 0 Å². The molecule has 0 radical (unpaired) electrons. The molecule has 0 amide bonds. The SMILES string of the molecule is COc1cc(-c2nn(CN(C)Cc3ccc(N4CCOCC4)cc3)c(=S)o2)cc(OC)c1OC. The summed E-state index contributed by atoms with van der Waals surface area (Å²) in [6.07, 6.45) is 0. The largest absolute Gasteiger partial charge is 0.493 e. The van der Waals surface area contributed by atoms with Crippen molar-refractivity contribution in [1.29, 1.82) is 0 Å². The van der Waals surface area contributed by atoms with Crippen LogP contribution in [-0.4, -0.2) is 69.4 Å². The number of morpholine rings is 1. The molecular weight excluding hydrogens is 456 g/mol. The number of anilines is 1. The molecule has 1 saturated heterocycles. The van der Waals surface area contributed by atoms with Crippen LogP contribution in [0.15, 0.2) is 40.8 Å². The first-order chi connectivity index (χ1) is 16.5. The maximum atomic E-state index is 5.78. The van der Waals surface area contributed by atoms with Crippen molar-refractivity contribution in [1.82, 2.24) is 14.7 Å². The summed E-state index contributed by atoms with van der Waals surface area (Å²) in [4.78, 5) is 4.76. The summed E-state index contributed by atoms with van der Waals surface area (Å²) < 4.78 is 29.1.